The molecule has 0 aromatic carbocycles. The molecule has 0 aliphatic heterocycles. The van der Waals surface area contributed by atoms with E-state index in [1.54, 1.807) is 0 Å². The number of rotatable bonds is 2. The number of pyridine rings is 1. The van der Waals surface area contributed by atoms with Gasteiger partial charge < -0.3 is 9.47 Å². The lowest BCUT2D eigenvalue weighted by Crippen LogP contribution is -2.17. The monoisotopic (exact) mass is 263 g/mol. The molecule has 0 unspecified atom stereocenters. The molecule has 18 heavy (non-hydrogen) atoms. The highest BCUT2D eigenvalue weighted by Crippen LogP contribution is 2.30. The first kappa shape index (κ1) is 13.9. The smallest absolute Gasteiger partial charge is 0.417 e. The van der Waals surface area contributed by atoms with Gasteiger partial charge in [-0.2, -0.15) is 13.2 Å². The predicted octanol–water partition coefficient (Wildman–Crippen LogP) is 1.67. The molecule has 0 atom stereocenters. The summed E-state index contributed by atoms with van der Waals surface area (Å²) in [6.45, 7) is 0. The molecule has 0 N–H and O–H groups in total. The molecule has 0 aliphatic rings. The molecule has 1 aromatic rings. The van der Waals surface area contributed by atoms with Gasteiger partial charge in [0.2, 0.25) is 0 Å². The molecule has 1 heterocycles. The molecule has 5 nitrogen and oxygen atoms in total. The first-order chi connectivity index (χ1) is 8.31. The zero-order chi connectivity index (χ0) is 13.9. The summed E-state index contributed by atoms with van der Waals surface area (Å²) in [7, 11) is 1.99. The fourth-order valence-electron chi connectivity index (χ4n) is 1.14. The third kappa shape index (κ3) is 2.76. The molecular formula is C10H8F3NO4. The second-order valence-electron chi connectivity index (χ2n) is 3.10. The van der Waals surface area contributed by atoms with Gasteiger partial charge in [0.1, 0.15) is 0 Å². The van der Waals surface area contributed by atoms with E-state index in [4.69, 9.17) is 0 Å². The molecule has 0 radical (unpaired) electrons. The summed E-state index contributed by atoms with van der Waals surface area (Å²) in [5.41, 5.74) is -2.29. The third-order valence-corrected chi connectivity index (χ3v) is 2.00. The van der Waals surface area contributed by atoms with Gasteiger partial charge in [-0.3, -0.25) is 0 Å². The van der Waals surface area contributed by atoms with Crippen LogP contribution in [-0.4, -0.2) is 31.1 Å². The van der Waals surface area contributed by atoms with Crippen molar-refractivity contribution in [1.29, 1.82) is 0 Å². The minimum Gasteiger partial charge on any atom is -0.465 e. The van der Waals surface area contributed by atoms with Crippen LogP contribution in [0.3, 0.4) is 0 Å². The van der Waals surface area contributed by atoms with E-state index >= 15 is 0 Å². The minimum absolute atomic E-state index is 0.443. The van der Waals surface area contributed by atoms with Crippen molar-refractivity contribution in [3.8, 4) is 0 Å². The Kier molecular flexibility index (Phi) is 3.89. The first-order valence-electron chi connectivity index (χ1n) is 4.55. The number of carbonyl (C=O) groups is 2. The van der Waals surface area contributed by atoms with E-state index in [2.05, 4.69) is 14.5 Å². The summed E-state index contributed by atoms with van der Waals surface area (Å²) in [6.07, 6.45) is -4.23. The second-order valence-corrected chi connectivity index (χ2v) is 3.10. The van der Waals surface area contributed by atoms with Gasteiger partial charge in [0, 0.05) is 6.20 Å². The van der Waals surface area contributed by atoms with Crippen molar-refractivity contribution < 1.29 is 32.2 Å². The van der Waals surface area contributed by atoms with Crippen LogP contribution < -0.4 is 0 Å². The number of methoxy groups -OCH3 is 2. The number of hydrogen-bond acceptors (Lipinski definition) is 5. The standard InChI is InChI=1S/C10H8F3NO4/c1-17-8(15)6-3-5(10(11,12)13)4-14-7(6)9(16)18-2/h3-4H,1-2H3. The Morgan fingerprint density at radius 1 is 1.17 bits per heavy atom. The van der Waals surface area contributed by atoms with Gasteiger partial charge in [-0.25, -0.2) is 14.6 Å². The Labute approximate surface area is 99.5 Å². The SMILES string of the molecule is COC(=O)c1cc(C(F)(F)F)cnc1C(=O)OC. The van der Waals surface area contributed by atoms with E-state index in [0.29, 0.717) is 12.3 Å². The second kappa shape index (κ2) is 5.03. The maximum atomic E-state index is 12.4. The fraction of sp³-hybridized carbons (Fsp3) is 0.300. The van der Waals surface area contributed by atoms with Crippen molar-refractivity contribution in [2.45, 2.75) is 6.18 Å². The summed E-state index contributed by atoms with van der Waals surface area (Å²) >= 11 is 0. The number of carbonyl (C=O) groups excluding carboxylic acids is 2. The zero-order valence-electron chi connectivity index (χ0n) is 9.37. The predicted molar refractivity (Wildman–Crippen MR) is 51.9 cm³/mol. The third-order valence-electron chi connectivity index (χ3n) is 2.00. The van der Waals surface area contributed by atoms with Crippen LogP contribution in [0.2, 0.25) is 0 Å². The molecule has 0 amide bonds. The molecule has 0 fully saturated rings. The van der Waals surface area contributed by atoms with Crippen LogP contribution in [0.15, 0.2) is 12.3 Å². The molecule has 0 spiro atoms. The maximum absolute atomic E-state index is 12.4. The number of nitrogens with zero attached hydrogens (tertiary/aromatic N) is 1. The van der Waals surface area contributed by atoms with Crippen LogP contribution in [0.5, 0.6) is 0 Å². The van der Waals surface area contributed by atoms with Crippen molar-refractivity contribution in [3.05, 3.63) is 29.1 Å². The number of esters is 2. The molecule has 1 rings (SSSR count). The highest BCUT2D eigenvalue weighted by atomic mass is 19.4. The van der Waals surface area contributed by atoms with E-state index in [1.807, 2.05) is 0 Å². The minimum atomic E-state index is -4.68. The van der Waals surface area contributed by atoms with Gasteiger partial charge in [-0.05, 0) is 6.07 Å². The van der Waals surface area contributed by atoms with Crippen LogP contribution in [0.25, 0.3) is 0 Å². The molecule has 0 bridgehead atoms. The molecular weight excluding hydrogens is 255 g/mol. The number of halogens is 3. The zero-order valence-corrected chi connectivity index (χ0v) is 9.37. The van der Waals surface area contributed by atoms with Crippen molar-refractivity contribution in [2.75, 3.05) is 14.2 Å². The first-order valence-corrected chi connectivity index (χ1v) is 4.55. The van der Waals surface area contributed by atoms with E-state index in [9.17, 15) is 22.8 Å². The average Bonchev–Trinajstić information content (AvgIpc) is 2.35. The van der Waals surface area contributed by atoms with Crippen molar-refractivity contribution in [3.63, 3.8) is 0 Å². The lowest BCUT2D eigenvalue weighted by Gasteiger charge is -2.10. The highest BCUT2D eigenvalue weighted by molar-refractivity contribution is 6.01. The molecule has 8 heteroatoms. The molecule has 0 saturated carbocycles. The van der Waals surface area contributed by atoms with Gasteiger partial charge >= 0.3 is 18.1 Å². The number of alkyl halides is 3. The largest absolute Gasteiger partial charge is 0.465 e. The average molecular weight is 263 g/mol. The van der Waals surface area contributed by atoms with E-state index in [1.165, 1.54) is 0 Å². The lowest BCUT2D eigenvalue weighted by atomic mass is 10.1. The van der Waals surface area contributed by atoms with Crippen molar-refractivity contribution in [1.82, 2.24) is 4.98 Å². The van der Waals surface area contributed by atoms with Gasteiger partial charge in [0.05, 0.1) is 25.3 Å². The quantitative estimate of drug-likeness (QED) is 0.759. The van der Waals surface area contributed by atoms with Crippen LogP contribution in [0, 0.1) is 0 Å². The summed E-state index contributed by atoms with van der Waals surface area (Å²) in [6, 6.07) is 0.491. The molecule has 0 aliphatic carbocycles. The van der Waals surface area contributed by atoms with Gasteiger partial charge in [-0.1, -0.05) is 0 Å². The maximum Gasteiger partial charge on any atom is 0.417 e. The fourth-order valence-corrected chi connectivity index (χ4v) is 1.14. The Hall–Kier alpha value is -2.12. The van der Waals surface area contributed by atoms with E-state index < -0.39 is 34.9 Å². The molecule has 0 saturated heterocycles. The summed E-state index contributed by atoms with van der Waals surface area (Å²) < 4.78 is 45.9. The number of ether oxygens (including phenoxy) is 2. The van der Waals surface area contributed by atoms with Gasteiger partial charge in [-0.15, -0.1) is 0 Å². The summed E-state index contributed by atoms with van der Waals surface area (Å²) in [4.78, 5) is 25.8. The van der Waals surface area contributed by atoms with Crippen molar-refractivity contribution in [2.24, 2.45) is 0 Å². The van der Waals surface area contributed by atoms with Gasteiger partial charge in [0.25, 0.3) is 0 Å². The van der Waals surface area contributed by atoms with Crippen LogP contribution in [0.4, 0.5) is 13.2 Å². The van der Waals surface area contributed by atoms with E-state index in [0.717, 1.165) is 14.2 Å². The van der Waals surface area contributed by atoms with Crippen molar-refractivity contribution >= 4 is 11.9 Å². The number of aromatic nitrogens is 1. The normalized spacial score (nSPS) is 10.9. The van der Waals surface area contributed by atoms with Crippen LogP contribution in [0.1, 0.15) is 26.4 Å². The van der Waals surface area contributed by atoms with E-state index in [-0.39, 0.29) is 0 Å². The molecule has 1 aromatic heterocycles. The molecule has 98 valence electrons. The Morgan fingerprint density at radius 3 is 2.17 bits per heavy atom. The highest BCUT2D eigenvalue weighted by Gasteiger charge is 2.33. The Morgan fingerprint density at radius 2 is 1.72 bits per heavy atom. The Bertz CT molecular complexity index is 485. The number of hydrogen-bond donors (Lipinski definition) is 0. The Balaban J connectivity index is 3.39. The summed E-state index contributed by atoms with van der Waals surface area (Å²) in [5, 5.41) is 0. The summed E-state index contributed by atoms with van der Waals surface area (Å²) in [5.74, 6) is -2.13. The van der Waals surface area contributed by atoms with Gasteiger partial charge in [0.15, 0.2) is 5.69 Å². The lowest BCUT2D eigenvalue weighted by molar-refractivity contribution is -0.137. The van der Waals surface area contributed by atoms with Crippen LogP contribution in [-0.2, 0) is 15.7 Å². The topological polar surface area (TPSA) is 65.5 Å². The van der Waals surface area contributed by atoms with Crippen LogP contribution >= 0.6 is 0 Å².